The lowest BCUT2D eigenvalue weighted by Crippen LogP contribution is -2.54. The van der Waals surface area contributed by atoms with E-state index in [1.165, 1.54) is 0 Å². The second kappa shape index (κ2) is 4.16. The Bertz CT molecular complexity index is 365. The van der Waals surface area contributed by atoms with Crippen LogP contribution in [0.3, 0.4) is 0 Å². The summed E-state index contributed by atoms with van der Waals surface area (Å²) >= 11 is 1.57. The standard InChI is InChI=1S/C9H14N4OS/c1-11-9-12-6(5-15-9)4-13-3-2-7(13)8(10)14/h5,7H,2-4H2,1H3,(H2,10,14)(H,11,12). The first-order valence-corrected chi connectivity index (χ1v) is 5.74. The molecule has 15 heavy (non-hydrogen) atoms. The molecule has 0 aliphatic carbocycles. The lowest BCUT2D eigenvalue weighted by atomic mass is 10.0. The molecule has 1 aliphatic heterocycles. The maximum absolute atomic E-state index is 11.0. The van der Waals surface area contributed by atoms with Crippen LogP contribution in [0.1, 0.15) is 12.1 Å². The van der Waals surface area contributed by atoms with Crippen molar-refractivity contribution in [3.8, 4) is 0 Å². The van der Waals surface area contributed by atoms with E-state index in [0.29, 0.717) is 6.54 Å². The molecular weight excluding hydrogens is 212 g/mol. The third-order valence-electron chi connectivity index (χ3n) is 2.59. The molecular formula is C9H14N4OS. The van der Waals surface area contributed by atoms with Gasteiger partial charge in [0.25, 0.3) is 0 Å². The summed E-state index contributed by atoms with van der Waals surface area (Å²) in [5.74, 6) is -0.231. The van der Waals surface area contributed by atoms with Gasteiger partial charge in [-0.2, -0.15) is 0 Å². The minimum absolute atomic E-state index is 0.0928. The van der Waals surface area contributed by atoms with Gasteiger partial charge in [0.2, 0.25) is 5.91 Å². The van der Waals surface area contributed by atoms with Crippen molar-refractivity contribution in [2.24, 2.45) is 5.73 Å². The number of nitrogens with one attached hydrogen (secondary N) is 1. The molecule has 1 amide bonds. The summed E-state index contributed by atoms with van der Waals surface area (Å²) in [6.45, 7) is 1.64. The molecule has 1 aliphatic rings. The van der Waals surface area contributed by atoms with Crippen molar-refractivity contribution < 1.29 is 4.79 Å². The maximum Gasteiger partial charge on any atom is 0.234 e. The number of anilines is 1. The summed E-state index contributed by atoms with van der Waals surface area (Å²) in [6.07, 6.45) is 0.873. The zero-order valence-electron chi connectivity index (χ0n) is 8.56. The number of hydrogen-bond donors (Lipinski definition) is 2. The Morgan fingerprint density at radius 2 is 2.67 bits per heavy atom. The summed E-state index contributed by atoms with van der Waals surface area (Å²) in [4.78, 5) is 17.4. The van der Waals surface area contributed by atoms with Crippen LogP contribution in [0.4, 0.5) is 5.13 Å². The number of likely N-dealkylation sites (tertiary alicyclic amines) is 1. The highest BCUT2D eigenvalue weighted by Gasteiger charge is 2.32. The Hall–Kier alpha value is -1.14. The number of nitrogens with zero attached hydrogens (tertiary/aromatic N) is 2. The van der Waals surface area contributed by atoms with Crippen molar-refractivity contribution in [1.29, 1.82) is 0 Å². The monoisotopic (exact) mass is 226 g/mol. The minimum atomic E-state index is -0.231. The molecule has 82 valence electrons. The second-order valence-corrected chi connectivity index (χ2v) is 4.43. The first kappa shape index (κ1) is 10.4. The Labute approximate surface area is 92.3 Å². The van der Waals surface area contributed by atoms with Gasteiger partial charge in [-0.3, -0.25) is 9.69 Å². The van der Waals surface area contributed by atoms with E-state index in [1.54, 1.807) is 11.3 Å². The van der Waals surface area contributed by atoms with Crippen LogP contribution in [0.2, 0.25) is 0 Å². The molecule has 1 saturated heterocycles. The molecule has 0 spiro atoms. The van der Waals surface area contributed by atoms with Crippen molar-refractivity contribution in [1.82, 2.24) is 9.88 Å². The lowest BCUT2D eigenvalue weighted by molar-refractivity contribution is -0.127. The van der Waals surface area contributed by atoms with E-state index in [2.05, 4.69) is 15.2 Å². The number of rotatable bonds is 4. The quantitative estimate of drug-likeness (QED) is 0.771. The predicted octanol–water partition coefficient (Wildman–Crippen LogP) is 0.244. The smallest absolute Gasteiger partial charge is 0.234 e. The average molecular weight is 226 g/mol. The van der Waals surface area contributed by atoms with Crippen molar-refractivity contribution in [2.75, 3.05) is 18.9 Å². The van der Waals surface area contributed by atoms with Crippen LogP contribution < -0.4 is 11.1 Å². The van der Waals surface area contributed by atoms with E-state index in [-0.39, 0.29) is 11.9 Å². The van der Waals surface area contributed by atoms with Gasteiger partial charge in [-0.05, 0) is 6.42 Å². The third kappa shape index (κ3) is 2.10. The van der Waals surface area contributed by atoms with Crippen LogP contribution >= 0.6 is 11.3 Å². The molecule has 0 aromatic carbocycles. The number of primary amides is 1. The van der Waals surface area contributed by atoms with Gasteiger partial charge >= 0.3 is 0 Å². The Kier molecular flexibility index (Phi) is 2.88. The Morgan fingerprint density at radius 3 is 3.13 bits per heavy atom. The van der Waals surface area contributed by atoms with Crippen molar-refractivity contribution in [3.05, 3.63) is 11.1 Å². The fraction of sp³-hybridized carbons (Fsp3) is 0.556. The van der Waals surface area contributed by atoms with Crippen LogP contribution in [0.15, 0.2) is 5.38 Å². The molecule has 1 aromatic heterocycles. The molecule has 2 rings (SSSR count). The van der Waals surface area contributed by atoms with Gasteiger partial charge < -0.3 is 11.1 Å². The molecule has 1 fully saturated rings. The van der Waals surface area contributed by atoms with Crippen molar-refractivity contribution in [3.63, 3.8) is 0 Å². The highest BCUT2D eigenvalue weighted by molar-refractivity contribution is 7.13. The molecule has 2 heterocycles. The van der Waals surface area contributed by atoms with Gasteiger partial charge in [0.05, 0.1) is 11.7 Å². The van der Waals surface area contributed by atoms with Gasteiger partial charge in [-0.15, -0.1) is 11.3 Å². The molecule has 0 bridgehead atoms. The lowest BCUT2D eigenvalue weighted by Gasteiger charge is -2.38. The molecule has 0 radical (unpaired) electrons. The van der Waals surface area contributed by atoms with E-state index < -0.39 is 0 Å². The van der Waals surface area contributed by atoms with Crippen LogP contribution in [0, 0.1) is 0 Å². The average Bonchev–Trinajstić information content (AvgIpc) is 2.59. The van der Waals surface area contributed by atoms with E-state index in [9.17, 15) is 4.79 Å². The molecule has 1 atom stereocenters. The number of thiazole rings is 1. The number of aromatic nitrogens is 1. The summed E-state index contributed by atoms with van der Waals surface area (Å²) in [7, 11) is 1.85. The third-order valence-corrected chi connectivity index (χ3v) is 3.50. The molecule has 1 aromatic rings. The zero-order chi connectivity index (χ0) is 10.8. The first-order chi connectivity index (χ1) is 7.20. The first-order valence-electron chi connectivity index (χ1n) is 4.86. The summed E-state index contributed by atoms with van der Waals surface area (Å²) < 4.78 is 0. The van der Waals surface area contributed by atoms with Crippen LogP contribution in [0.25, 0.3) is 0 Å². The van der Waals surface area contributed by atoms with Gasteiger partial charge in [-0.1, -0.05) is 0 Å². The van der Waals surface area contributed by atoms with Gasteiger partial charge in [0, 0.05) is 25.5 Å². The molecule has 5 nitrogen and oxygen atoms in total. The van der Waals surface area contributed by atoms with Crippen LogP contribution in [-0.4, -0.2) is 35.4 Å². The molecule has 3 N–H and O–H groups in total. The normalized spacial score (nSPS) is 21.0. The van der Waals surface area contributed by atoms with Crippen molar-refractivity contribution in [2.45, 2.75) is 19.0 Å². The van der Waals surface area contributed by atoms with E-state index >= 15 is 0 Å². The Balaban J connectivity index is 1.94. The predicted molar refractivity (Wildman–Crippen MR) is 59.7 cm³/mol. The van der Waals surface area contributed by atoms with E-state index in [1.807, 2.05) is 12.4 Å². The minimum Gasteiger partial charge on any atom is -0.368 e. The molecule has 0 saturated carbocycles. The number of nitrogens with two attached hydrogens (primary N) is 1. The van der Waals surface area contributed by atoms with Gasteiger partial charge in [-0.25, -0.2) is 4.98 Å². The second-order valence-electron chi connectivity index (χ2n) is 3.57. The molecule has 6 heteroatoms. The summed E-state index contributed by atoms with van der Waals surface area (Å²) in [5, 5.41) is 5.89. The Morgan fingerprint density at radius 1 is 1.87 bits per heavy atom. The highest BCUT2D eigenvalue weighted by atomic mass is 32.1. The van der Waals surface area contributed by atoms with Crippen LogP contribution in [-0.2, 0) is 11.3 Å². The summed E-state index contributed by atoms with van der Waals surface area (Å²) in [5.41, 5.74) is 6.26. The topological polar surface area (TPSA) is 71.2 Å². The highest BCUT2D eigenvalue weighted by Crippen LogP contribution is 2.22. The van der Waals surface area contributed by atoms with Gasteiger partial charge in [0.15, 0.2) is 5.13 Å². The number of carbonyl (C=O) groups is 1. The van der Waals surface area contributed by atoms with E-state index in [4.69, 9.17) is 5.73 Å². The molecule has 1 unspecified atom stereocenters. The fourth-order valence-corrected chi connectivity index (χ4v) is 2.32. The van der Waals surface area contributed by atoms with Gasteiger partial charge in [0.1, 0.15) is 0 Å². The number of carbonyl (C=O) groups excluding carboxylic acids is 1. The van der Waals surface area contributed by atoms with Crippen LogP contribution in [0.5, 0.6) is 0 Å². The largest absolute Gasteiger partial charge is 0.368 e. The van der Waals surface area contributed by atoms with Crippen molar-refractivity contribution >= 4 is 22.4 Å². The maximum atomic E-state index is 11.0. The number of hydrogen-bond acceptors (Lipinski definition) is 5. The fourth-order valence-electron chi connectivity index (χ4n) is 1.65. The van der Waals surface area contributed by atoms with E-state index in [0.717, 1.165) is 23.8 Å². The number of amides is 1. The SMILES string of the molecule is CNc1nc(CN2CCC2C(N)=O)cs1. The summed E-state index contributed by atoms with van der Waals surface area (Å²) in [6, 6.07) is -0.0928. The zero-order valence-corrected chi connectivity index (χ0v) is 9.38.